The molecule has 2 aromatic rings. The summed E-state index contributed by atoms with van der Waals surface area (Å²) < 4.78 is 20.8. The van der Waals surface area contributed by atoms with E-state index >= 15 is 0 Å². The van der Waals surface area contributed by atoms with E-state index in [9.17, 15) is 9.59 Å². The highest BCUT2D eigenvalue weighted by Gasteiger charge is 2.16. The molecule has 0 fully saturated rings. The second kappa shape index (κ2) is 10.8. The number of para-hydroxylation sites is 1. The maximum absolute atomic E-state index is 12.2. The van der Waals surface area contributed by atoms with E-state index in [4.69, 9.17) is 18.9 Å². The summed E-state index contributed by atoms with van der Waals surface area (Å²) in [5.41, 5.74) is 1.56. The fourth-order valence-corrected chi connectivity index (χ4v) is 2.55. The molecule has 0 radical (unpaired) electrons. The average Bonchev–Trinajstić information content (AvgIpc) is 2.75. The molecule has 2 rings (SSSR count). The molecule has 0 aliphatic carbocycles. The molecule has 2 aromatic carbocycles. The Kier molecular flexibility index (Phi) is 8.09. The van der Waals surface area contributed by atoms with Crippen LogP contribution < -0.4 is 19.5 Å². The van der Waals surface area contributed by atoms with Crippen LogP contribution in [-0.4, -0.2) is 39.3 Å². The molecule has 0 bridgehead atoms. The molecule has 0 aromatic heterocycles. The van der Waals surface area contributed by atoms with Crippen LogP contribution in [0.15, 0.2) is 48.5 Å². The smallest absolute Gasteiger partial charge is 0.331 e. The van der Waals surface area contributed by atoms with Gasteiger partial charge in [-0.05, 0) is 36.8 Å². The lowest BCUT2D eigenvalue weighted by Gasteiger charge is -2.13. The molecule has 0 saturated carbocycles. The quantitative estimate of drug-likeness (QED) is 0.516. The number of benzene rings is 2. The largest absolute Gasteiger partial charge is 0.496 e. The normalized spacial score (nSPS) is 11.6. The zero-order chi connectivity index (χ0) is 21.2. The van der Waals surface area contributed by atoms with Gasteiger partial charge in [0.25, 0.3) is 5.91 Å². The first-order chi connectivity index (χ1) is 14.0. The van der Waals surface area contributed by atoms with Gasteiger partial charge in [-0.3, -0.25) is 4.79 Å². The Hall–Kier alpha value is -3.48. The molecular weight excluding hydrogens is 374 g/mol. The van der Waals surface area contributed by atoms with E-state index in [0.717, 1.165) is 11.1 Å². The van der Waals surface area contributed by atoms with Gasteiger partial charge in [0.2, 0.25) is 0 Å². The number of hydrogen-bond donors (Lipinski definition) is 1. The summed E-state index contributed by atoms with van der Waals surface area (Å²) in [6.07, 6.45) is 1.90. The lowest BCUT2D eigenvalue weighted by molar-refractivity contribution is -0.150. The van der Waals surface area contributed by atoms with Crippen molar-refractivity contribution >= 4 is 18.0 Å². The maximum atomic E-state index is 12.2. The molecule has 0 saturated heterocycles. The van der Waals surface area contributed by atoms with Crippen molar-refractivity contribution in [2.75, 3.05) is 21.3 Å². The van der Waals surface area contributed by atoms with Gasteiger partial charge in [0, 0.05) is 18.2 Å². The van der Waals surface area contributed by atoms with Crippen LogP contribution in [0.3, 0.4) is 0 Å². The zero-order valence-electron chi connectivity index (χ0n) is 16.9. The van der Waals surface area contributed by atoms with Gasteiger partial charge in [0.05, 0.1) is 21.3 Å². The van der Waals surface area contributed by atoms with Crippen LogP contribution in [0, 0.1) is 0 Å². The highest BCUT2D eigenvalue weighted by atomic mass is 16.5. The minimum Gasteiger partial charge on any atom is -0.496 e. The summed E-state index contributed by atoms with van der Waals surface area (Å²) in [6.45, 7) is 1.77. The predicted octanol–water partition coefficient (Wildman–Crippen LogP) is 2.97. The minimum atomic E-state index is -0.940. The van der Waals surface area contributed by atoms with Crippen LogP contribution in [0.1, 0.15) is 18.1 Å². The van der Waals surface area contributed by atoms with Gasteiger partial charge < -0.3 is 24.3 Å². The Morgan fingerprint density at radius 3 is 2.34 bits per heavy atom. The predicted molar refractivity (Wildman–Crippen MR) is 109 cm³/mol. The van der Waals surface area contributed by atoms with Gasteiger partial charge in [-0.1, -0.05) is 24.3 Å². The number of carbonyl (C=O) groups excluding carboxylic acids is 2. The molecule has 0 aliphatic heterocycles. The topological polar surface area (TPSA) is 83.1 Å². The van der Waals surface area contributed by atoms with Crippen molar-refractivity contribution in [3.05, 3.63) is 59.7 Å². The fourth-order valence-electron chi connectivity index (χ4n) is 2.55. The van der Waals surface area contributed by atoms with E-state index < -0.39 is 18.0 Å². The number of nitrogens with one attached hydrogen (secondary N) is 1. The number of rotatable bonds is 9. The van der Waals surface area contributed by atoms with Crippen molar-refractivity contribution in [1.29, 1.82) is 0 Å². The van der Waals surface area contributed by atoms with Crippen molar-refractivity contribution in [3.63, 3.8) is 0 Å². The first-order valence-electron chi connectivity index (χ1n) is 8.98. The van der Waals surface area contributed by atoms with Gasteiger partial charge in [0.15, 0.2) is 17.6 Å². The molecule has 0 heterocycles. The van der Waals surface area contributed by atoms with Crippen LogP contribution in [0.2, 0.25) is 0 Å². The summed E-state index contributed by atoms with van der Waals surface area (Å²) in [7, 11) is 4.65. The number of ether oxygens (including phenoxy) is 4. The van der Waals surface area contributed by atoms with Gasteiger partial charge in [-0.2, -0.15) is 0 Å². The number of carbonyl (C=O) groups is 2. The van der Waals surface area contributed by atoms with Crippen LogP contribution in [-0.2, 0) is 20.9 Å². The Morgan fingerprint density at radius 2 is 1.66 bits per heavy atom. The molecule has 1 N–H and O–H groups in total. The summed E-state index contributed by atoms with van der Waals surface area (Å²) in [4.78, 5) is 24.2. The Balaban J connectivity index is 1.88. The van der Waals surface area contributed by atoms with E-state index in [1.165, 1.54) is 13.0 Å². The van der Waals surface area contributed by atoms with E-state index in [0.29, 0.717) is 17.2 Å². The molecule has 1 atom stereocenters. The maximum Gasteiger partial charge on any atom is 0.331 e. The third-order valence-electron chi connectivity index (χ3n) is 4.11. The standard InChI is InChI=1S/C22H25NO6/c1-15(29-21(24)12-10-17-7-5-6-8-18(17)26-2)22(25)23-14-16-9-11-19(27-3)20(13-16)28-4/h5-13,15H,14H2,1-4H3,(H,23,25)/b12-10+. The van der Waals surface area contributed by atoms with Crippen molar-refractivity contribution in [3.8, 4) is 17.2 Å². The van der Waals surface area contributed by atoms with E-state index in [1.807, 2.05) is 24.3 Å². The summed E-state index contributed by atoms with van der Waals surface area (Å²) in [5, 5.41) is 2.73. The van der Waals surface area contributed by atoms with Crippen molar-refractivity contribution in [2.24, 2.45) is 0 Å². The highest BCUT2D eigenvalue weighted by molar-refractivity contribution is 5.90. The van der Waals surface area contributed by atoms with Gasteiger partial charge >= 0.3 is 5.97 Å². The molecule has 0 spiro atoms. The number of methoxy groups -OCH3 is 3. The van der Waals surface area contributed by atoms with Crippen LogP contribution >= 0.6 is 0 Å². The van der Waals surface area contributed by atoms with Gasteiger partial charge in [0.1, 0.15) is 5.75 Å². The zero-order valence-corrected chi connectivity index (χ0v) is 16.9. The van der Waals surface area contributed by atoms with Crippen molar-refractivity contribution in [1.82, 2.24) is 5.32 Å². The fraction of sp³-hybridized carbons (Fsp3) is 0.273. The molecular formula is C22H25NO6. The third-order valence-corrected chi connectivity index (χ3v) is 4.11. The van der Waals surface area contributed by atoms with Crippen LogP contribution in [0.4, 0.5) is 0 Å². The number of hydrogen-bond acceptors (Lipinski definition) is 6. The Labute approximate surface area is 170 Å². The average molecular weight is 399 g/mol. The monoisotopic (exact) mass is 399 g/mol. The third kappa shape index (κ3) is 6.27. The Morgan fingerprint density at radius 1 is 0.966 bits per heavy atom. The summed E-state index contributed by atoms with van der Waals surface area (Å²) >= 11 is 0. The molecule has 0 aliphatic rings. The molecule has 29 heavy (non-hydrogen) atoms. The molecule has 7 heteroatoms. The molecule has 1 amide bonds. The Bertz CT molecular complexity index is 877. The van der Waals surface area contributed by atoms with E-state index in [-0.39, 0.29) is 6.54 Å². The highest BCUT2D eigenvalue weighted by Crippen LogP contribution is 2.27. The lowest BCUT2D eigenvalue weighted by atomic mass is 10.2. The van der Waals surface area contributed by atoms with Crippen molar-refractivity contribution in [2.45, 2.75) is 19.6 Å². The van der Waals surface area contributed by atoms with Crippen LogP contribution in [0.25, 0.3) is 6.08 Å². The number of amides is 1. The van der Waals surface area contributed by atoms with E-state index in [2.05, 4.69) is 5.32 Å². The second-order valence-electron chi connectivity index (χ2n) is 6.06. The minimum absolute atomic E-state index is 0.262. The second-order valence-corrected chi connectivity index (χ2v) is 6.06. The first kappa shape index (κ1) is 21.8. The summed E-state index contributed by atoms with van der Waals surface area (Å²) in [6, 6.07) is 12.6. The lowest BCUT2D eigenvalue weighted by Crippen LogP contribution is -2.35. The van der Waals surface area contributed by atoms with Gasteiger partial charge in [-0.25, -0.2) is 4.79 Å². The van der Waals surface area contributed by atoms with Gasteiger partial charge in [-0.15, -0.1) is 0 Å². The molecule has 154 valence electrons. The van der Waals surface area contributed by atoms with Crippen molar-refractivity contribution < 1.29 is 28.5 Å². The summed E-state index contributed by atoms with van der Waals surface area (Å²) in [5.74, 6) is 0.785. The number of esters is 1. The molecule has 7 nitrogen and oxygen atoms in total. The van der Waals surface area contributed by atoms with E-state index in [1.54, 1.807) is 45.6 Å². The SMILES string of the molecule is COc1ccccc1/C=C/C(=O)OC(C)C(=O)NCc1ccc(OC)c(OC)c1. The van der Waals surface area contributed by atoms with Crippen LogP contribution in [0.5, 0.6) is 17.2 Å². The molecule has 1 unspecified atom stereocenters. The first-order valence-corrected chi connectivity index (χ1v) is 8.98.